The topological polar surface area (TPSA) is 49.2 Å². The summed E-state index contributed by atoms with van der Waals surface area (Å²) in [6, 6.07) is 18.2. The van der Waals surface area contributed by atoms with Gasteiger partial charge in [0.2, 0.25) is 0 Å². The van der Waals surface area contributed by atoms with Gasteiger partial charge in [-0.05, 0) is 25.0 Å². The van der Waals surface area contributed by atoms with Gasteiger partial charge in [0, 0.05) is 43.2 Å². The molecule has 0 bridgehead atoms. The zero-order valence-electron chi connectivity index (χ0n) is 15.0. The molecule has 1 aliphatic heterocycles. The molecule has 132 valence electrons. The molecule has 4 nitrogen and oxygen atoms in total. The first-order valence-corrected chi connectivity index (χ1v) is 9.01. The molecule has 1 aliphatic rings. The van der Waals surface area contributed by atoms with Crippen molar-refractivity contribution in [3.05, 3.63) is 83.7 Å². The normalized spacial score (nSPS) is 20.4. The average Bonchev–Trinajstić information content (AvgIpc) is 3.05. The van der Waals surface area contributed by atoms with Gasteiger partial charge in [-0.2, -0.15) is 0 Å². The van der Waals surface area contributed by atoms with Crippen molar-refractivity contribution in [2.45, 2.75) is 25.5 Å². The zero-order chi connectivity index (χ0) is 18.0. The first-order valence-electron chi connectivity index (χ1n) is 9.01. The Morgan fingerprint density at radius 1 is 1.04 bits per heavy atom. The van der Waals surface area contributed by atoms with Gasteiger partial charge in [0.05, 0.1) is 0 Å². The maximum absolute atomic E-state index is 11.0. The van der Waals surface area contributed by atoms with Crippen LogP contribution < -0.4 is 0 Å². The third-order valence-electron chi connectivity index (χ3n) is 5.03. The van der Waals surface area contributed by atoms with E-state index in [1.54, 1.807) is 0 Å². The number of aryl methyl sites for hydroxylation is 1. The van der Waals surface area contributed by atoms with E-state index < -0.39 is 5.60 Å². The zero-order valence-corrected chi connectivity index (χ0v) is 15.0. The van der Waals surface area contributed by atoms with E-state index in [0.717, 1.165) is 42.0 Å². The fourth-order valence-corrected chi connectivity index (χ4v) is 3.62. The summed E-state index contributed by atoms with van der Waals surface area (Å²) in [6.45, 7) is 4.32. The summed E-state index contributed by atoms with van der Waals surface area (Å²) >= 11 is 0. The predicted octanol–water partition coefficient (Wildman–Crippen LogP) is 3.55. The molecule has 4 rings (SSSR count). The Morgan fingerprint density at radius 2 is 1.81 bits per heavy atom. The van der Waals surface area contributed by atoms with Gasteiger partial charge >= 0.3 is 0 Å². The van der Waals surface area contributed by atoms with Crippen LogP contribution in [-0.4, -0.2) is 33.1 Å². The van der Waals surface area contributed by atoms with Crippen molar-refractivity contribution in [2.75, 3.05) is 13.1 Å². The second-order valence-corrected chi connectivity index (χ2v) is 7.14. The molecule has 0 amide bonds. The molecule has 3 aromatic rings. The first-order chi connectivity index (χ1) is 12.6. The second kappa shape index (κ2) is 6.98. The van der Waals surface area contributed by atoms with Crippen molar-refractivity contribution >= 4 is 0 Å². The van der Waals surface area contributed by atoms with E-state index in [9.17, 15) is 5.11 Å². The van der Waals surface area contributed by atoms with Crippen molar-refractivity contribution in [3.63, 3.8) is 0 Å². The summed E-state index contributed by atoms with van der Waals surface area (Å²) in [5.41, 5.74) is 3.54. The Labute approximate surface area is 154 Å². The summed E-state index contributed by atoms with van der Waals surface area (Å²) in [6.07, 6.45) is 4.54. The molecule has 4 heteroatoms. The minimum atomic E-state index is -0.760. The summed E-state index contributed by atoms with van der Waals surface area (Å²) in [4.78, 5) is 11.3. The SMILES string of the molecule is Cc1cccc(-c2ncc(CN3CC[C@@](O)(c4ccccc4)C3)cn2)c1. The van der Waals surface area contributed by atoms with E-state index in [4.69, 9.17) is 0 Å². The van der Waals surface area contributed by atoms with Crippen molar-refractivity contribution in [1.82, 2.24) is 14.9 Å². The molecule has 2 heterocycles. The van der Waals surface area contributed by atoms with Gasteiger partial charge in [-0.3, -0.25) is 4.90 Å². The quantitative estimate of drug-likeness (QED) is 0.786. The Morgan fingerprint density at radius 3 is 2.54 bits per heavy atom. The number of β-amino-alcohol motifs (C(OH)–C–C–N with tert-alkyl or cyclic N) is 1. The number of benzene rings is 2. The highest BCUT2D eigenvalue weighted by Gasteiger charge is 2.37. The first kappa shape index (κ1) is 16.9. The summed E-state index contributed by atoms with van der Waals surface area (Å²) in [7, 11) is 0. The molecule has 1 atom stereocenters. The number of likely N-dealkylation sites (tertiary alicyclic amines) is 1. The van der Waals surface area contributed by atoms with Crippen LogP contribution in [0.15, 0.2) is 67.0 Å². The van der Waals surface area contributed by atoms with Crippen LogP contribution in [0.2, 0.25) is 0 Å². The Bertz CT molecular complexity index is 879. The van der Waals surface area contributed by atoms with E-state index in [0.29, 0.717) is 6.54 Å². The van der Waals surface area contributed by atoms with Crippen LogP contribution in [-0.2, 0) is 12.1 Å². The molecule has 1 saturated heterocycles. The Balaban J connectivity index is 1.44. The van der Waals surface area contributed by atoms with Crippen LogP contribution >= 0.6 is 0 Å². The molecule has 0 aliphatic carbocycles. The average molecular weight is 345 g/mol. The van der Waals surface area contributed by atoms with Crippen LogP contribution in [0, 0.1) is 6.92 Å². The summed E-state index contributed by atoms with van der Waals surface area (Å²) in [5.74, 6) is 0.750. The molecule has 0 radical (unpaired) electrons. The number of aliphatic hydroxyl groups is 1. The fourth-order valence-electron chi connectivity index (χ4n) is 3.62. The van der Waals surface area contributed by atoms with Crippen LogP contribution in [0.5, 0.6) is 0 Å². The maximum Gasteiger partial charge on any atom is 0.159 e. The monoisotopic (exact) mass is 345 g/mol. The van der Waals surface area contributed by atoms with Gasteiger partial charge in [0.1, 0.15) is 5.60 Å². The number of aromatic nitrogens is 2. The fraction of sp³-hybridized carbons (Fsp3) is 0.273. The lowest BCUT2D eigenvalue weighted by atomic mass is 9.93. The van der Waals surface area contributed by atoms with Gasteiger partial charge in [-0.15, -0.1) is 0 Å². The smallest absolute Gasteiger partial charge is 0.159 e. The number of hydrogen-bond donors (Lipinski definition) is 1. The third-order valence-corrected chi connectivity index (χ3v) is 5.03. The van der Waals surface area contributed by atoms with E-state index in [1.165, 1.54) is 5.56 Å². The Kier molecular flexibility index (Phi) is 4.53. The molecule has 0 spiro atoms. The third kappa shape index (κ3) is 3.52. The lowest BCUT2D eigenvalue weighted by Gasteiger charge is -2.24. The van der Waals surface area contributed by atoms with Gasteiger partial charge in [-0.25, -0.2) is 9.97 Å². The molecule has 0 unspecified atom stereocenters. The summed E-state index contributed by atoms with van der Waals surface area (Å²) < 4.78 is 0. The van der Waals surface area contributed by atoms with Gasteiger partial charge in [0.25, 0.3) is 0 Å². The van der Waals surface area contributed by atoms with Crippen LogP contribution in [0.1, 0.15) is 23.1 Å². The molecular formula is C22H23N3O. The van der Waals surface area contributed by atoms with Gasteiger partial charge in [0.15, 0.2) is 5.82 Å². The second-order valence-electron chi connectivity index (χ2n) is 7.14. The number of nitrogens with zero attached hydrogens (tertiary/aromatic N) is 3. The van der Waals surface area contributed by atoms with Crippen molar-refractivity contribution in [1.29, 1.82) is 0 Å². The Hall–Kier alpha value is -2.56. The van der Waals surface area contributed by atoms with Gasteiger partial charge < -0.3 is 5.11 Å². The van der Waals surface area contributed by atoms with Crippen LogP contribution in [0.25, 0.3) is 11.4 Å². The van der Waals surface area contributed by atoms with E-state index >= 15 is 0 Å². The minimum absolute atomic E-state index is 0.636. The minimum Gasteiger partial charge on any atom is -0.384 e. The van der Waals surface area contributed by atoms with E-state index in [-0.39, 0.29) is 0 Å². The lowest BCUT2D eigenvalue weighted by molar-refractivity contribution is 0.0453. The summed E-state index contributed by atoms with van der Waals surface area (Å²) in [5, 5.41) is 11.0. The highest BCUT2D eigenvalue weighted by Crippen LogP contribution is 2.32. The maximum atomic E-state index is 11.0. The molecule has 1 N–H and O–H groups in total. The molecule has 26 heavy (non-hydrogen) atoms. The largest absolute Gasteiger partial charge is 0.384 e. The number of rotatable bonds is 4. The highest BCUT2D eigenvalue weighted by molar-refractivity contribution is 5.55. The van der Waals surface area contributed by atoms with Crippen molar-refractivity contribution in [2.24, 2.45) is 0 Å². The lowest BCUT2D eigenvalue weighted by Crippen LogP contribution is -2.30. The van der Waals surface area contributed by atoms with Crippen LogP contribution in [0.3, 0.4) is 0 Å². The molecule has 0 saturated carbocycles. The standard InChI is InChI=1S/C22H23N3O/c1-17-6-5-7-19(12-17)21-23-13-18(14-24-21)15-25-11-10-22(26,16-25)20-8-3-2-4-9-20/h2-9,12-14,26H,10-11,15-16H2,1H3/t22-/m0/s1. The highest BCUT2D eigenvalue weighted by atomic mass is 16.3. The van der Waals surface area contributed by atoms with Crippen molar-refractivity contribution in [3.8, 4) is 11.4 Å². The van der Waals surface area contributed by atoms with Gasteiger partial charge in [-0.1, -0.05) is 54.1 Å². The molecular weight excluding hydrogens is 322 g/mol. The van der Waals surface area contributed by atoms with E-state index in [1.807, 2.05) is 54.9 Å². The van der Waals surface area contributed by atoms with Crippen molar-refractivity contribution < 1.29 is 5.11 Å². The molecule has 1 aromatic heterocycles. The number of hydrogen-bond acceptors (Lipinski definition) is 4. The van der Waals surface area contributed by atoms with E-state index in [2.05, 4.69) is 33.9 Å². The molecule has 2 aromatic carbocycles. The predicted molar refractivity (Wildman–Crippen MR) is 102 cm³/mol. The molecule has 1 fully saturated rings. The van der Waals surface area contributed by atoms with Crippen LogP contribution in [0.4, 0.5) is 0 Å².